The van der Waals surface area contributed by atoms with Crippen molar-refractivity contribution in [1.29, 1.82) is 0 Å². The molecule has 0 aliphatic carbocycles. The molecular weight excluding hydrogens is 259 g/mol. The summed E-state index contributed by atoms with van der Waals surface area (Å²) in [4.78, 5) is 5.36. The standard InChI is InChI=1S/C13H12F3NS/c1-8-9(2)18-12(17-8)11-6-4-3-5-10(11)7-13(14,15)16/h3-6H,7H2,1-2H3. The van der Waals surface area contributed by atoms with Crippen molar-refractivity contribution in [2.24, 2.45) is 0 Å². The molecule has 0 unspecified atom stereocenters. The zero-order valence-electron chi connectivity index (χ0n) is 10.0. The summed E-state index contributed by atoms with van der Waals surface area (Å²) < 4.78 is 37.5. The number of aryl methyl sites for hydroxylation is 2. The first-order valence-electron chi connectivity index (χ1n) is 5.46. The maximum Gasteiger partial charge on any atom is 0.393 e. The van der Waals surface area contributed by atoms with Crippen LogP contribution in [0.5, 0.6) is 0 Å². The van der Waals surface area contributed by atoms with Crippen molar-refractivity contribution in [3.8, 4) is 10.6 Å². The lowest BCUT2D eigenvalue weighted by Crippen LogP contribution is -2.12. The van der Waals surface area contributed by atoms with Crippen LogP contribution in [-0.2, 0) is 6.42 Å². The molecule has 2 rings (SSSR count). The molecule has 0 aliphatic rings. The Labute approximate surface area is 107 Å². The van der Waals surface area contributed by atoms with E-state index in [0.29, 0.717) is 10.6 Å². The monoisotopic (exact) mass is 271 g/mol. The first-order valence-corrected chi connectivity index (χ1v) is 6.27. The molecule has 0 N–H and O–H groups in total. The summed E-state index contributed by atoms with van der Waals surface area (Å²) in [5.74, 6) is 0. The highest BCUT2D eigenvalue weighted by molar-refractivity contribution is 7.15. The summed E-state index contributed by atoms with van der Waals surface area (Å²) in [7, 11) is 0. The lowest BCUT2D eigenvalue weighted by atomic mass is 10.0. The van der Waals surface area contributed by atoms with E-state index < -0.39 is 12.6 Å². The van der Waals surface area contributed by atoms with Gasteiger partial charge >= 0.3 is 6.18 Å². The summed E-state index contributed by atoms with van der Waals surface area (Å²) in [5.41, 5.74) is 1.73. The van der Waals surface area contributed by atoms with Gasteiger partial charge in [0.15, 0.2) is 0 Å². The van der Waals surface area contributed by atoms with Gasteiger partial charge in [0.1, 0.15) is 5.01 Å². The van der Waals surface area contributed by atoms with Crippen LogP contribution in [0.3, 0.4) is 0 Å². The second-order valence-electron chi connectivity index (χ2n) is 4.11. The van der Waals surface area contributed by atoms with Gasteiger partial charge in [-0.1, -0.05) is 24.3 Å². The minimum absolute atomic E-state index is 0.277. The van der Waals surface area contributed by atoms with Crippen LogP contribution in [0.4, 0.5) is 13.2 Å². The van der Waals surface area contributed by atoms with E-state index in [1.807, 2.05) is 13.8 Å². The highest BCUT2D eigenvalue weighted by Crippen LogP contribution is 2.32. The molecule has 18 heavy (non-hydrogen) atoms. The number of halogens is 3. The molecule has 5 heteroatoms. The Bertz CT molecular complexity index is 538. The van der Waals surface area contributed by atoms with Gasteiger partial charge in [-0.05, 0) is 19.4 Å². The van der Waals surface area contributed by atoms with Crippen LogP contribution in [-0.4, -0.2) is 11.2 Å². The van der Waals surface area contributed by atoms with Crippen LogP contribution in [0.1, 0.15) is 16.1 Å². The lowest BCUT2D eigenvalue weighted by molar-refractivity contribution is -0.127. The van der Waals surface area contributed by atoms with Crippen LogP contribution in [0.15, 0.2) is 24.3 Å². The highest BCUT2D eigenvalue weighted by atomic mass is 32.1. The van der Waals surface area contributed by atoms with Crippen molar-refractivity contribution in [2.45, 2.75) is 26.4 Å². The summed E-state index contributed by atoms with van der Waals surface area (Å²) in [6, 6.07) is 6.56. The summed E-state index contributed by atoms with van der Waals surface area (Å²) in [5, 5.41) is 0.657. The van der Waals surface area contributed by atoms with Crippen molar-refractivity contribution in [3.05, 3.63) is 40.4 Å². The molecule has 96 valence electrons. The fourth-order valence-electron chi connectivity index (χ4n) is 1.69. The predicted molar refractivity (Wildman–Crippen MR) is 66.8 cm³/mol. The van der Waals surface area contributed by atoms with Crippen molar-refractivity contribution in [2.75, 3.05) is 0 Å². The van der Waals surface area contributed by atoms with Crippen molar-refractivity contribution >= 4 is 11.3 Å². The average Bonchev–Trinajstić information content (AvgIpc) is 2.57. The van der Waals surface area contributed by atoms with Gasteiger partial charge in [0.25, 0.3) is 0 Å². The third-order valence-corrected chi connectivity index (χ3v) is 3.77. The molecule has 1 nitrogen and oxygen atoms in total. The van der Waals surface area contributed by atoms with E-state index >= 15 is 0 Å². The van der Waals surface area contributed by atoms with E-state index in [4.69, 9.17) is 0 Å². The van der Waals surface area contributed by atoms with Crippen LogP contribution in [0.2, 0.25) is 0 Å². The maximum absolute atomic E-state index is 12.5. The second-order valence-corrected chi connectivity index (χ2v) is 5.31. The molecule has 2 aromatic rings. The van der Waals surface area contributed by atoms with Crippen LogP contribution in [0, 0.1) is 13.8 Å². The third-order valence-electron chi connectivity index (χ3n) is 2.67. The van der Waals surface area contributed by atoms with Crippen molar-refractivity contribution < 1.29 is 13.2 Å². The fourth-order valence-corrected chi connectivity index (χ4v) is 2.66. The van der Waals surface area contributed by atoms with Crippen LogP contribution < -0.4 is 0 Å². The average molecular weight is 271 g/mol. The number of aromatic nitrogens is 1. The molecule has 0 amide bonds. The first kappa shape index (κ1) is 13.1. The van der Waals surface area contributed by atoms with E-state index in [0.717, 1.165) is 10.6 Å². The minimum atomic E-state index is -4.20. The minimum Gasteiger partial charge on any atom is -0.241 e. The summed E-state index contributed by atoms with van der Waals surface area (Å²) >= 11 is 1.43. The maximum atomic E-state index is 12.5. The van der Waals surface area contributed by atoms with Crippen LogP contribution >= 0.6 is 11.3 Å². The predicted octanol–water partition coefficient (Wildman–Crippen LogP) is 4.53. The van der Waals surface area contributed by atoms with Gasteiger partial charge in [0.2, 0.25) is 0 Å². The number of hydrogen-bond donors (Lipinski definition) is 0. The molecule has 0 saturated heterocycles. The zero-order valence-corrected chi connectivity index (χ0v) is 10.8. The van der Waals surface area contributed by atoms with Gasteiger partial charge in [-0.2, -0.15) is 13.2 Å². The Morgan fingerprint density at radius 1 is 1.17 bits per heavy atom. The molecule has 0 aliphatic heterocycles. The van der Waals surface area contributed by atoms with Gasteiger partial charge in [0.05, 0.1) is 12.1 Å². The van der Waals surface area contributed by atoms with E-state index in [1.54, 1.807) is 18.2 Å². The normalized spacial score (nSPS) is 11.8. The van der Waals surface area contributed by atoms with E-state index in [2.05, 4.69) is 4.98 Å². The number of hydrogen-bond acceptors (Lipinski definition) is 2. The highest BCUT2D eigenvalue weighted by Gasteiger charge is 2.29. The number of rotatable bonds is 2. The van der Waals surface area contributed by atoms with Crippen molar-refractivity contribution in [1.82, 2.24) is 4.98 Å². The molecule has 0 atom stereocenters. The van der Waals surface area contributed by atoms with E-state index in [-0.39, 0.29) is 5.56 Å². The van der Waals surface area contributed by atoms with E-state index in [9.17, 15) is 13.2 Å². The number of benzene rings is 1. The largest absolute Gasteiger partial charge is 0.393 e. The lowest BCUT2D eigenvalue weighted by Gasteiger charge is -2.09. The molecule has 0 saturated carbocycles. The van der Waals surface area contributed by atoms with Gasteiger partial charge in [-0.15, -0.1) is 11.3 Å². The molecular formula is C13H12F3NS. The Kier molecular flexibility index (Phi) is 3.43. The third kappa shape index (κ3) is 2.90. The number of nitrogens with zero attached hydrogens (tertiary/aromatic N) is 1. The van der Waals surface area contributed by atoms with E-state index in [1.165, 1.54) is 17.4 Å². The SMILES string of the molecule is Cc1nc(-c2ccccc2CC(F)(F)F)sc1C. The smallest absolute Gasteiger partial charge is 0.241 e. The van der Waals surface area contributed by atoms with Gasteiger partial charge in [-0.25, -0.2) is 4.98 Å². The summed E-state index contributed by atoms with van der Waals surface area (Å²) in [6.45, 7) is 3.78. The van der Waals surface area contributed by atoms with Crippen molar-refractivity contribution in [3.63, 3.8) is 0 Å². The molecule has 1 heterocycles. The second kappa shape index (κ2) is 4.72. The van der Waals surface area contributed by atoms with Gasteiger partial charge < -0.3 is 0 Å². The Balaban J connectivity index is 2.44. The zero-order chi connectivity index (χ0) is 13.3. The van der Waals surface area contributed by atoms with Crippen LogP contribution in [0.25, 0.3) is 10.6 Å². The first-order chi connectivity index (χ1) is 8.37. The Morgan fingerprint density at radius 2 is 1.83 bits per heavy atom. The Hall–Kier alpha value is -1.36. The summed E-state index contributed by atoms with van der Waals surface area (Å²) in [6.07, 6.45) is -5.11. The van der Waals surface area contributed by atoms with Gasteiger partial charge in [0, 0.05) is 10.4 Å². The molecule has 0 fully saturated rings. The molecule has 1 aromatic carbocycles. The quantitative estimate of drug-likeness (QED) is 0.782. The topological polar surface area (TPSA) is 12.9 Å². The molecule has 0 bridgehead atoms. The number of alkyl halides is 3. The molecule has 0 spiro atoms. The van der Waals surface area contributed by atoms with Gasteiger partial charge in [-0.3, -0.25) is 0 Å². The molecule has 0 radical (unpaired) electrons. The molecule has 1 aromatic heterocycles. The number of thiazole rings is 1. The Morgan fingerprint density at radius 3 is 2.39 bits per heavy atom. The fraction of sp³-hybridized carbons (Fsp3) is 0.308.